The summed E-state index contributed by atoms with van der Waals surface area (Å²) in [6.45, 7) is 6.39. The van der Waals surface area contributed by atoms with E-state index in [2.05, 4.69) is 12.2 Å². The first-order valence-electron chi connectivity index (χ1n) is 14.8. The molecule has 38 heavy (non-hydrogen) atoms. The first kappa shape index (κ1) is 34.3. The van der Waals surface area contributed by atoms with Gasteiger partial charge >= 0.3 is 13.6 Å². The van der Waals surface area contributed by atoms with E-state index in [-0.39, 0.29) is 18.5 Å². The van der Waals surface area contributed by atoms with Crippen LogP contribution < -0.4 is 5.32 Å². The van der Waals surface area contributed by atoms with Crippen molar-refractivity contribution in [1.82, 2.24) is 5.32 Å². The Labute approximate surface area is 231 Å². The maximum atomic E-state index is 12.7. The molecular formula is C30H52NO6P. The van der Waals surface area contributed by atoms with E-state index >= 15 is 0 Å². The number of unbranched alkanes of at least 4 members (excludes halogenated alkanes) is 12. The van der Waals surface area contributed by atoms with Gasteiger partial charge in [0, 0.05) is 12.8 Å². The average molecular weight is 554 g/mol. The number of carboxylic acid groups (broad SMARTS) is 1. The summed E-state index contributed by atoms with van der Waals surface area (Å²) < 4.78 is 23.4. The van der Waals surface area contributed by atoms with Gasteiger partial charge in [-0.3, -0.25) is 9.36 Å². The van der Waals surface area contributed by atoms with Crippen LogP contribution in [0.25, 0.3) is 0 Å². The molecule has 2 N–H and O–H groups in total. The second-order valence-corrected chi connectivity index (χ2v) is 12.1. The molecular weight excluding hydrogens is 501 g/mol. The molecule has 218 valence electrons. The van der Waals surface area contributed by atoms with Crippen molar-refractivity contribution in [2.45, 2.75) is 129 Å². The first-order valence-corrected chi connectivity index (χ1v) is 16.5. The lowest BCUT2D eigenvalue weighted by molar-refractivity contribution is -0.141. The number of carbonyl (C=O) groups is 2. The van der Waals surface area contributed by atoms with Gasteiger partial charge in [0.05, 0.1) is 19.4 Å². The molecule has 0 heterocycles. The van der Waals surface area contributed by atoms with Crippen molar-refractivity contribution in [1.29, 1.82) is 0 Å². The van der Waals surface area contributed by atoms with Gasteiger partial charge in [0.15, 0.2) is 0 Å². The fourth-order valence-electron chi connectivity index (χ4n) is 4.53. The number of benzene rings is 1. The highest BCUT2D eigenvalue weighted by Crippen LogP contribution is 2.51. The third kappa shape index (κ3) is 16.3. The van der Waals surface area contributed by atoms with E-state index in [0.717, 1.165) is 30.4 Å². The first-order chi connectivity index (χ1) is 18.3. The predicted molar refractivity (Wildman–Crippen MR) is 155 cm³/mol. The van der Waals surface area contributed by atoms with Gasteiger partial charge in [0.25, 0.3) is 0 Å². The molecule has 0 unspecified atom stereocenters. The summed E-state index contributed by atoms with van der Waals surface area (Å²) >= 11 is 0. The quantitative estimate of drug-likeness (QED) is 0.0992. The molecule has 0 aliphatic carbocycles. The van der Waals surface area contributed by atoms with Gasteiger partial charge in [0.2, 0.25) is 5.91 Å². The summed E-state index contributed by atoms with van der Waals surface area (Å²) in [5.74, 6) is -1.27. The van der Waals surface area contributed by atoms with Gasteiger partial charge in [-0.15, -0.1) is 0 Å². The fraction of sp³-hybridized carbons (Fsp3) is 0.733. The minimum absolute atomic E-state index is 0.160. The molecule has 0 aromatic heterocycles. The van der Waals surface area contributed by atoms with Crippen LogP contribution in [-0.4, -0.2) is 36.2 Å². The lowest BCUT2D eigenvalue weighted by Crippen LogP contribution is -2.42. The van der Waals surface area contributed by atoms with Crippen molar-refractivity contribution in [3.05, 3.63) is 35.4 Å². The molecule has 0 aliphatic rings. The number of rotatable bonds is 24. The molecule has 0 saturated heterocycles. The minimum Gasteiger partial charge on any atom is -0.480 e. The predicted octanol–water partition coefficient (Wildman–Crippen LogP) is 8.05. The van der Waals surface area contributed by atoms with Gasteiger partial charge < -0.3 is 19.5 Å². The summed E-state index contributed by atoms with van der Waals surface area (Å²) in [5.41, 5.74) is 1.57. The molecule has 0 spiro atoms. The van der Waals surface area contributed by atoms with E-state index in [0.29, 0.717) is 19.6 Å². The number of hydrogen-bond acceptors (Lipinski definition) is 5. The lowest BCUT2D eigenvalue weighted by atomic mass is 10.0. The maximum absolute atomic E-state index is 12.7. The Morgan fingerprint density at radius 2 is 1.21 bits per heavy atom. The standard InChI is InChI=1S/C30H52NO6P/c1-4-7-8-9-10-11-12-13-14-15-16-17-18-19-29(32)31-28(30(33)34)24-26-20-22-27(23-21-26)25-38(35,36-5-2)37-6-3/h20-23,28H,4-19,24-25H2,1-3H3,(H,31,32)(H,33,34)/t28-/m0/s1. The van der Waals surface area contributed by atoms with Crippen LogP contribution in [0.1, 0.15) is 122 Å². The molecule has 8 heteroatoms. The smallest absolute Gasteiger partial charge is 0.335 e. The van der Waals surface area contributed by atoms with Crippen LogP contribution in [0, 0.1) is 0 Å². The molecule has 0 aliphatic heterocycles. The summed E-state index contributed by atoms with van der Waals surface area (Å²) in [6, 6.07) is 6.22. The second kappa shape index (κ2) is 21.2. The highest BCUT2D eigenvalue weighted by atomic mass is 31.2. The lowest BCUT2D eigenvalue weighted by Gasteiger charge is -2.17. The molecule has 0 bridgehead atoms. The average Bonchev–Trinajstić information content (AvgIpc) is 2.87. The van der Waals surface area contributed by atoms with Crippen LogP contribution in [0.15, 0.2) is 24.3 Å². The molecule has 1 amide bonds. The SMILES string of the molecule is CCCCCCCCCCCCCCCC(=O)N[C@@H](Cc1ccc(CP(=O)(OCC)OCC)cc1)C(=O)O. The number of hydrogen-bond donors (Lipinski definition) is 2. The van der Waals surface area contributed by atoms with Crippen molar-refractivity contribution in [3.8, 4) is 0 Å². The Bertz CT molecular complexity index is 803. The Hall–Kier alpha value is -1.69. The Morgan fingerprint density at radius 3 is 1.66 bits per heavy atom. The fourth-order valence-corrected chi connectivity index (χ4v) is 6.23. The largest absolute Gasteiger partial charge is 0.480 e. The van der Waals surface area contributed by atoms with Crippen LogP contribution in [0.4, 0.5) is 0 Å². The summed E-state index contributed by atoms with van der Waals surface area (Å²) in [5, 5.41) is 12.3. The molecule has 7 nitrogen and oxygen atoms in total. The number of carbonyl (C=O) groups excluding carboxylic acids is 1. The highest BCUT2D eigenvalue weighted by molar-refractivity contribution is 7.53. The number of amides is 1. The topological polar surface area (TPSA) is 102 Å². The van der Waals surface area contributed by atoms with Crippen LogP contribution in [0.5, 0.6) is 0 Å². The van der Waals surface area contributed by atoms with E-state index in [1.165, 1.54) is 64.2 Å². The molecule has 1 aromatic carbocycles. The van der Waals surface area contributed by atoms with E-state index < -0.39 is 19.6 Å². The zero-order valence-electron chi connectivity index (χ0n) is 24.1. The molecule has 0 saturated carbocycles. The number of carboxylic acids is 1. The van der Waals surface area contributed by atoms with Gasteiger partial charge in [-0.1, -0.05) is 108 Å². The third-order valence-corrected chi connectivity index (χ3v) is 8.69. The van der Waals surface area contributed by atoms with Gasteiger partial charge in [0.1, 0.15) is 6.04 Å². The minimum atomic E-state index is -3.20. The Morgan fingerprint density at radius 1 is 0.763 bits per heavy atom. The maximum Gasteiger partial charge on any atom is 0.335 e. The Kier molecular flexibility index (Phi) is 19.1. The molecule has 0 fully saturated rings. The number of nitrogens with one attached hydrogen (secondary N) is 1. The van der Waals surface area contributed by atoms with Crippen LogP contribution in [0.3, 0.4) is 0 Å². The van der Waals surface area contributed by atoms with Crippen molar-refractivity contribution in [2.75, 3.05) is 13.2 Å². The van der Waals surface area contributed by atoms with Crippen LogP contribution in [-0.2, 0) is 35.8 Å². The van der Waals surface area contributed by atoms with Crippen molar-refractivity contribution < 1.29 is 28.3 Å². The summed E-state index contributed by atoms with van der Waals surface area (Å²) in [7, 11) is -3.20. The summed E-state index contributed by atoms with van der Waals surface area (Å²) in [4.78, 5) is 24.1. The van der Waals surface area contributed by atoms with Crippen LogP contribution >= 0.6 is 7.60 Å². The van der Waals surface area contributed by atoms with Crippen molar-refractivity contribution in [2.24, 2.45) is 0 Å². The molecule has 0 radical (unpaired) electrons. The van der Waals surface area contributed by atoms with Gasteiger partial charge in [-0.25, -0.2) is 4.79 Å². The van der Waals surface area contributed by atoms with E-state index in [9.17, 15) is 19.3 Å². The van der Waals surface area contributed by atoms with Crippen molar-refractivity contribution >= 4 is 19.5 Å². The molecule has 1 rings (SSSR count). The van der Waals surface area contributed by atoms with Gasteiger partial charge in [-0.05, 0) is 31.4 Å². The normalized spacial score (nSPS) is 12.4. The molecule has 1 atom stereocenters. The van der Waals surface area contributed by atoms with E-state index in [1.807, 2.05) is 0 Å². The zero-order valence-corrected chi connectivity index (χ0v) is 24.9. The zero-order chi connectivity index (χ0) is 28.1. The monoisotopic (exact) mass is 553 g/mol. The third-order valence-electron chi connectivity index (χ3n) is 6.63. The van der Waals surface area contributed by atoms with E-state index in [1.54, 1.807) is 38.1 Å². The van der Waals surface area contributed by atoms with E-state index in [4.69, 9.17) is 9.05 Å². The second-order valence-electron chi connectivity index (χ2n) is 10.1. The van der Waals surface area contributed by atoms with Crippen molar-refractivity contribution in [3.63, 3.8) is 0 Å². The number of aliphatic carboxylic acids is 1. The van der Waals surface area contributed by atoms with Gasteiger partial charge in [-0.2, -0.15) is 0 Å². The molecule has 1 aromatic rings. The van der Waals surface area contributed by atoms with Crippen LogP contribution in [0.2, 0.25) is 0 Å². The summed E-state index contributed by atoms with van der Waals surface area (Å²) in [6.07, 6.45) is 16.8. The highest BCUT2D eigenvalue weighted by Gasteiger charge is 2.24. The Balaban J connectivity index is 2.29.